The molecule has 0 saturated carbocycles. The zero-order valence-corrected chi connectivity index (χ0v) is 13.8. The second-order valence-electron chi connectivity index (χ2n) is 4.12. The molecule has 0 bridgehead atoms. The highest BCUT2D eigenvalue weighted by atomic mass is 79.9. The number of nitrogen functional groups attached to an aromatic ring is 1. The zero-order valence-electron chi connectivity index (χ0n) is 12.2. The van der Waals surface area contributed by atoms with Crippen LogP contribution < -0.4 is 5.73 Å². The van der Waals surface area contributed by atoms with Gasteiger partial charge in [-0.15, -0.1) is 0 Å². The molecule has 4 heteroatoms. The van der Waals surface area contributed by atoms with E-state index in [0.29, 0.717) is 18.5 Å². The molecule has 1 amide bonds. The van der Waals surface area contributed by atoms with Crippen LogP contribution in [0.1, 0.15) is 32.3 Å². The molecule has 0 heterocycles. The SMILES string of the molecule is C=C(CCC(=O)N(C)C)c1cc(Br)ccc1N.CC. The Kier molecular flexibility index (Phi) is 8.16. The molecule has 0 radical (unpaired) electrons. The monoisotopic (exact) mass is 326 g/mol. The molecule has 0 aliphatic heterocycles. The van der Waals surface area contributed by atoms with E-state index >= 15 is 0 Å². The van der Waals surface area contributed by atoms with Gasteiger partial charge in [-0.25, -0.2) is 0 Å². The van der Waals surface area contributed by atoms with Crippen LogP contribution >= 0.6 is 15.9 Å². The Balaban J connectivity index is 0.00000154. The van der Waals surface area contributed by atoms with Crippen molar-refractivity contribution in [2.45, 2.75) is 26.7 Å². The Morgan fingerprint density at radius 2 is 1.89 bits per heavy atom. The first-order valence-corrected chi connectivity index (χ1v) is 7.14. The Labute approximate surface area is 124 Å². The highest BCUT2D eigenvalue weighted by molar-refractivity contribution is 9.10. The Morgan fingerprint density at radius 3 is 2.42 bits per heavy atom. The van der Waals surface area contributed by atoms with Gasteiger partial charge in [-0.3, -0.25) is 4.79 Å². The molecular formula is C15H23BrN2O. The first kappa shape index (κ1) is 17.7. The smallest absolute Gasteiger partial charge is 0.222 e. The molecule has 0 aromatic heterocycles. The number of benzene rings is 1. The third-order valence-electron chi connectivity index (χ3n) is 2.54. The van der Waals surface area contributed by atoms with Crippen molar-refractivity contribution in [1.29, 1.82) is 0 Å². The molecule has 1 rings (SSSR count). The number of nitrogens with two attached hydrogens (primary N) is 1. The summed E-state index contributed by atoms with van der Waals surface area (Å²) < 4.78 is 0.960. The molecule has 3 nitrogen and oxygen atoms in total. The normalized spacial score (nSPS) is 9.32. The molecule has 2 N–H and O–H groups in total. The summed E-state index contributed by atoms with van der Waals surface area (Å²) in [5.41, 5.74) is 8.37. The summed E-state index contributed by atoms with van der Waals surface area (Å²) in [5, 5.41) is 0. The van der Waals surface area contributed by atoms with Gasteiger partial charge in [0.15, 0.2) is 0 Å². The molecular weight excluding hydrogens is 304 g/mol. The maximum absolute atomic E-state index is 11.5. The van der Waals surface area contributed by atoms with Crippen LogP contribution in [0.3, 0.4) is 0 Å². The minimum atomic E-state index is 0.0970. The van der Waals surface area contributed by atoms with Gasteiger partial charge in [0.2, 0.25) is 5.91 Å². The van der Waals surface area contributed by atoms with Gasteiger partial charge in [0.25, 0.3) is 0 Å². The molecule has 0 aliphatic carbocycles. The van der Waals surface area contributed by atoms with Crippen molar-refractivity contribution in [1.82, 2.24) is 4.90 Å². The first-order chi connectivity index (χ1) is 8.91. The summed E-state index contributed by atoms with van der Waals surface area (Å²) in [6.07, 6.45) is 1.08. The first-order valence-electron chi connectivity index (χ1n) is 6.35. The third-order valence-corrected chi connectivity index (χ3v) is 3.03. The topological polar surface area (TPSA) is 46.3 Å². The van der Waals surface area contributed by atoms with Crippen LogP contribution in [0.25, 0.3) is 5.57 Å². The number of carbonyl (C=O) groups is 1. The van der Waals surface area contributed by atoms with Crippen LogP contribution in [0.5, 0.6) is 0 Å². The van der Waals surface area contributed by atoms with E-state index in [9.17, 15) is 4.79 Å². The van der Waals surface area contributed by atoms with Crippen molar-refractivity contribution in [2.75, 3.05) is 19.8 Å². The van der Waals surface area contributed by atoms with Gasteiger partial charge in [-0.05, 0) is 30.2 Å². The van der Waals surface area contributed by atoms with Crippen molar-refractivity contribution in [3.05, 3.63) is 34.8 Å². The quantitative estimate of drug-likeness (QED) is 0.852. The van der Waals surface area contributed by atoms with Crippen LogP contribution in [-0.2, 0) is 4.79 Å². The van der Waals surface area contributed by atoms with E-state index < -0.39 is 0 Å². The molecule has 0 spiro atoms. The summed E-state index contributed by atoms with van der Waals surface area (Å²) in [5.74, 6) is 0.0970. The predicted molar refractivity (Wildman–Crippen MR) is 86.9 cm³/mol. The summed E-state index contributed by atoms with van der Waals surface area (Å²) in [6.45, 7) is 7.99. The number of nitrogens with zero attached hydrogens (tertiary/aromatic N) is 1. The number of hydrogen-bond donors (Lipinski definition) is 1. The zero-order chi connectivity index (χ0) is 15.0. The lowest BCUT2D eigenvalue weighted by Gasteiger charge is -2.12. The number of hydrogen-bond acceptors (Lipinski definition) is 2. The Morgan fingerprint density at radius 1 is 1.32 bits per heavy atom. The van der Waals surface area contributed by atoms with Gasteiger partial charge in [0.1, 0.15) is 0 Å². The van der Waals surface area contributed by atoms with Gasteiger partial charge >= 0.3 is 0 Å². The molecule has 0 atom stereocenters. The summed E-state index contributed by atoms with van der Waals surface area (Å²) in [7, 11) is 3.50. The minimum Gasteiger partial charge on any atom is -0.398 e. The van der Waals surface area contributed by atoms with E-state index in [-0.39, 0.29) is 5.91 Å². The van der Waals surface area contributed by atoms with Crippen molar-refractivity contribution in [3.8, 4) is 0 Å². The number of carbonyl (C=O) groups excluding carboxylic acids is 1. The van der Waals surface area contributed by atoms with Crippen LogP contribution in [0.4, 0.5) is 5.69 Å². The maximum atomic E-state index is 11.5. The van der Waals surface area contributed by atoms with E-state index in [1.165, 1.54) is 0 Å². The van der Waals surface area contributed by atoms with Crippen molar-refractivity contribution < 1.29 is 4.79 Å². The summed E-state index contributed by atoms with van der Waals surface area (Å²) >= 11 is 3.40. The molecule has 0 saturated heterocycles. The standard InChI is InChI=1S/C13H17BrN2O.C2H6/c1-9(4-7-13(17)16(2)3)11-8-10(14)5-6-12(11)15;1-2/h5-6,8H,1,4,7,15H2,2-3H3;1-2H3. The highest BCUT2D eigenvalue weighted by Crippen LogP contribution is 2.27. The molecule has 0 aliphatic rings. The fourth-order valence-corrected chi connectivity index (χ4v) is 1.81. The Hall–Kier alpha value is -1.29. The molecule has 19 heavy (non-hydrogen) atoms. The summed E-state index contributed by atoms with van der Waals surface area (Å²) in [6, 6.07) is 5.65. The van der Waals surface area contributed by atoms with Crippen LogP contribution in [-0.4, -0.2) is 24.9 Å². The minimum absolute atomic E-state index is 0.0970. The number of allylic oxidation sites excluding steroid dienone is 1. The third kappa shape index (κ3) is 5.92. The average Bonchev–Trinajstić information content (AvgIpc) is 2.40. The Bertz CT molecular complexity index is 442. The lowest BCUT2D eigenvalue weighted by Crippen LogP contribution is -2.21. The summed E-state index contributed by atoms with van der Waals surface area (Å²) in [4.78, 5) is 13.1. The van der Waals surface area contributed by atoms with E-state index in [4.69, 9.17) is 5.73 Å². The molecule has 1 aromatic rings. The number of amides is 1. The lowest BCUT2D eigenvalue weighted by molar-refractivity contribution is -0.128. The van der Waals surface area contributed by atoms with Gasteiger partial charge in [0.05, 0.1) is 0 Å². The van der Waals surface area contributed by atoms with E-state index in [2.05, 4.69) is 22.5 Å². The molecule has 106 valence electrons. The van der Waals surface area contributed by atoms with Gasteiger partial charge < -0.3 is 10.6 Å². The number of halogens is 1. The largest absolute Gasteiger partial charge is 0.398 e. The van der Waals surface area contributed by atoms with E-state index in [1.807, 2.05) is 32.0 Å². The number of rotatable bonds is 4. The molecule has 1 aromatic carbocycles. The molecule has 0 fully saturated rings. The van der Waals surface area contributed by atoms with Crippen molar-refractivity contribution in [2.24, 2.45) is 0 Å². The second-order valence-corrected chi connectivity index (χ2v) is 5.04. The second kappa shape index (κ2) is 8.75. The van der Waals surface area contributed by atoms with Gasteiger partial charge in [-0.1, -0.05) is 36.4 Å². The van der Waals surface area contributed by atoms with Crippen LogP contribution in [0.15, 0.2) is 29.3 Å². The van der Waals surface area contributed by atoms with Crippen molar-refractivity contribution in [3.63, 3.8) is 0 Å². The van der Waals surface area contributed by atoms with Crippen molar-refractivity contribution >= 4 is 33.1 Å². The number of anilines is 1. The van der Waals surface area contributed by atoms with E-state index in [1.54, 1.807) is 19.0 Å². The lowest BCUT2D eigenvalue weighted by atomic mass is 10.0. The highest BCUT2D eigenvalue weighted by Gasteiger charge is 2.08. The van der Waals surface area contributed by atoms with Gasteiger partial charge in [-0.2, -0.15) is 0 Å². The average molecular weight is 327 g/mol. The predicted octanol–water partition coefficient (Wildman–Crippen LogP) is 3.94. The fraction of sp³-hybridized carbons (Fsp3) is 0.400. The molecule has 0 unspecified atom stereocenters. The van der Waals surface area contributed by atoms with E-state index in [0.717, 1.165) is 15.6 Å². The van der Waals surface area contributed by atoms with Gasteiger partial charge in [0, 0.05) is 36.2 Å². The maximum Gasteiger partial charge on any atom is 0.222 e. The fourth-order valence-electron chi connectivity index (χ4n) is 1.45. The van der Waals surface area contributed by atoms with Crippen LogP contribution in [0, 0.1) is 0 Å². The van der Waals surface area contributed by atoms with Crippen LogP contribution in [0.2, 0.25) is 0 Å².